The van der Waals surface area contributed by atoms with E-state index in [1.807, 2.05) is 4.90 Å². The molecule has 0 aliphatic carbocycles. The van der Waals surface area contributed by atoms with E-state index in [2.05, 4.69) is 52.4 Å². The zero-order chi connectivity index (χ0) is 26.9. The second-order valence-electron chi connectivity index (χ2n) is 9.74. The topological polar surface area (TPSA) is 79.0 Å². The summed E-state index contributed by atoms with van der Waals surface area (Å²) in [4.78, 5) is 22.4. The molecule has 0 spiro atoms. The van der Waals surface area contributed by atoms with E-state index in [1.165, 1.54) is 16.3 Å². The molecule has 1 saturated heterocycles. The molecular weight excluding hydrogens is 518 g/mol. The van der Waals surface area contributed by atoms with Crippen molar-refractivity contribution in [2.75, 3.05) is 32.7 Å². The van der Waals surface area contributed by atoms with Gasteiger partial charge in [0.15, 0.2) is 0 Å². The molecule has 3 aromatic rings. The van der Waals surface area contributed by atoms with Gasteiger partial charge < -0.3 is 0 Å². The number of aliphatic imine (C=N–C) groups is 1. The molecule has 1 amide bonds. The molecule has 1 heterocycles. The van der Waals surface area contributed by atoms with Gasteiger partial charge >= 0.3 is 194 Å². The first kappa shape index (κ1) is 28.4. The van der Waals surface area contributed by atoms with Gasteiger partial charge in [-0.3, -0.25) is 0 Å². The average molecular weight is 551 g/mol. The van der Waals surface area contributed by atoms with Crippen molar-refractivity contribution in [3.8, 4) is 0 Å². The third kappa shape index (κ3) is 7.51. The predicted molar refractivity (Wildman–Crippen MR) is 157 cm³/mol. The number of piperazine rings is 1. The van der Waals surface area contributed by atoms with Crippen molar-refractivity contribution in [2.45, 2.75) is 37.8 Å². The van der Waals surface area contributed by atoms with Crippen LogP contribution in [0, 0.1) is 0 Å². The molecule has 4 rings (SSSR count). The molecule has 0 bridgehead atoms. The SMILES string of the molecule is NCCC[C@H]1CN(CCc2ccc3ccccc3c2)CCN1C(=O)[C@@H](Cc1ccc(Cl)cc1Cl)N=CB=O. The van der Waals surface area contributed by atoms with E-state index in [0.29, 0.717) is 36.7 Å². The molecule has 2 atom stereocenters. The monoisotopic (exact) mass is 550 g/mol. The Bertz CT molecular complexity index is 1290. The number of fused-ring (bicyclic) bond motifs is 1. The zero-order valence-corrected chi connectivity index (χ0v) is 23.0. The minimum absolute atomic E-state index is 0.0334. The summed E-state index contributed by atoms with van der Waals surface area (Å²) in [6.45, 7) is 3.66. The maximum absolute atomic E-state index is 13.7. The van der Waals surface area contributed by atoms with Crippen LogP contribution < -0.4 is 5.73 Å². The fraction of sp³-hybridized carbons (Fsp3) is 0.379. The van der Waals surface area contributed by atoms with Crippen molar-refractivity contribution >= 4 is 53.1 Å². The summed E-state index contributed by atoms with van der Waals surface area (Å²) in [6, 6.07) is 19.5. The summed E-state index contributed by atoms with van der Waals surface area (Å²) in [6.07, 6.45) is 4.05. The fourth-order valence-electron chi connectivity index (χ4n) is 5.12. The predicted octanol–water partition coefficient (Wildman–Crippen LogP) is 4.63. The fourth-order valence-corrected chi connectivity index (χ4v) is 5.61. The summed E-state index contributed by atoms with van der Waals surface area (Å²) in [5.41, 5.74) is 7.91. The Kier molecular flexibility index (Phi) is 10.5. The molecule has 2 N–H and O–H groups in total. The Balaban J connectivity index is 1.44. The first-order chi connectivity index (χ1) is 18.5. The van der Waals surface area contributed by atoms with Gasteiger partial charge in [0.1, 0.15) is 0 Å². The first-order valence-electron chi connectivity index (χ1n) is 13.1. The number of carbonyl (C=O) groups excluding carboxylic acids is 1. The van der Waals surface area contributed by atoms with E-state index in [4.69, 9.17) is 28.9 Å². The number of carbonyl (C=O) groups is 1. The van der Waals surface area contributed by atoms with Gasteiger partial charge in [-0.1, -0.05) is 30.3 Å². The molecular formula is C29H33BCl2N4O2. The van der Waals surface area contributed by atoms with E-state index in [-0.39, 0.29) is 11.9 Å². The summed E-state index contributed by atoms with van der Waals surface area (Å²) in [5, 5.41) is 3.51. The van der Waals surface area contributed by atoms with Crippen LogP contribution in [-0.2, 0) is 22.3 Å². The van der Waals surface area contributed by atoms with Crippen molar-refractivity contribution in [2.24, 2.45) is 10.7 Å². The molecule has 0 radical (unpaired) electrons. The van der Waals surface area contributed by atoms with Gasteiger partial charge in [0.2, 0.25) is 0 Å². The number of nitrogens with two attached hydrogens (primary N) is 1. The number of hydrogen-bond acceptors (Lipinski definition) is 5. The Morgan fingerprint density at radius 2 is 1.92 bits per heavy atom. The van der Waals surface area contributed by atoms with Crippen LogP contribution in [0.25, 0.3) is 10.8 Å². The number of halogens is 2. The van der Waals surface area contributed by atoms with Gasteiger partial charge in [0.25, 0.3) is 0 Å². The number of nitrogens with zero attached hydrogens (tertiary/aromatic N) is 3. The van der Waals surface area contributed by atoms with Gasteiger partial charge in [-0.25, -0.2) is 0 Å². The van der Waals surface area contributed by atoms with Crippen molar-refractivity contribution in [3.63, 3.8) is 0 Å². The Morgan fingerprint density at radius 1 is 1.11 bits per heavy atom. The standard InChI is InChI=1S/C29H33BCl2N4O2/c31-25-10-9-24(27(32)18-25)17-28(34-20-30-38)29(37)36-15-14-35(19-26(36)6-3-12-33)13-11-21-7-8-22-4-1-2-5-23(22)16-21/h1-2,4-5,7-10,16,18,20,26,28H,3,6,11-15,17,19,33H2/t26-,28+/m0/s1. The van der Waals surface area contributed by atoms with E-state index in [1.54, 1.807) is 18.2 Å². The molecule has 198 valence electrons. The molecule has 0 saturated carbocycles. The van der Waals surface area contributed by atoms with Crippen molar-refractivity contribution in [1.29, 1.82) is 0 Å². The average Bonchev–Trinajstić information content (AvgIpc) is 2.93. The van der Waals surface area contributed by atoms with Crippen LogP contribution in [0.4, 0.5) is 0 Å². The zero-order valence-electron chi connectivity index (χ0n) is 21.4. The summed E-state index contributed by atoms with van der Waals surface area (Å²) >= 11 is 12.4. The van der Waals surface area contributed by atoms with Crippen molar-refractivity contribution in [3.05, 3.63) is 81.8 Å². The van der Waals surface area contributed by atoms with Gasteiger partial charge in [0.05, 0.1) is 0 Å². The van der Waals surface area contributed by atoms with Crippen LogP contribution in [0.2, 0.25) is 10.0 Å². The van der Waals surface area contributed by atoms with E-state index in [0.717, 1.165) is 50.6 Å². The molecule has 3 aromatic carbocycles. The molecule has 1 fully saturated rings. The summed E-state index contributed by atoms with van der Waals surface area (Å²) in [7, 11) is 0.598. The third-order valence-electron chi connectivity index (χ3n) is 7.16. The second kappa shape index (κ2) is 14.0. The van der Waals surface area contributed by atoms with E-state index < -0.39 is 6.04 Å². The molecule has 0 aromatic heterocycles. The van der Waals surface area contributed by atoms with E-state index in [9.17, 15) is 9.50 Å². The molecule has 1 aliphatic heterocycles. The summed E-state index contributed by atoms with van der Waals surface area (Å²) < 4.78 is 11.0. The van der Waals surface area contributed by atoms with Crippen LogP contribution in [0.5, 0.6) is 0 Å². The number of rotatable bonds is 11. The van der Waals surface area contributed by atoms with Crippen LogP contribution in [0.1, 0.15) is 24.0 Å². The molecule has 6 nitrogen and oxygen atoms in total. The van der Waals surface area contributed by atoms with Gasteiger partial charge in [-0.15, -0.1) is 0 Å². The number of hydrogen-bond donors (Lipinski definition) is 1. The van der Waals surface area contributed by atoms with Crippen LogP contribution in [-0.4, -0.2) is 73.8 Å². The maximum atomic E-state index is 13.7. The van der Waals surface area contributed by atoms with Crippen LogP contribution in [0.3, 0.4) is 0 Å². The third-order valence-corrected chi connectivity index (χ3v) is 7.75. The van der Waals surface area contributed by atoms with Gasteiger partial charge in [-0.2, -0.15) is 0 Å². The Morgan fingerprint density at radius 3 is 2.68 bits per heavy atom. The van der Waals surface area contributed by atoms with Gasteiger partial charge in [-0.05, 0) is 10.8 Å². The first-order valence-corrected chi connectivity index (χ1v) is 13.9. The number of amides is 1. The van der Waals surface area contributed by atoms with E-state index >= 15 is 0 Å². The normalized spacial score (nSPS) is 17.1. The Hall–Kier alpha value is -2.58. The summed E-state index contributed by atoms with van der Waals surface area (Å²) in [5.74, 6) is -0.0923. The minimum atomic E-state index is -0.733. The van der Waals surface area contributed by atoms with Crippen LogP contribution in [0.15, 0.2) is 65.7 Å². The quantitative estimate of drug-likeness (QED) is 0.279. The molecule has 9 heteroatoms. The van der Waals surface area contributed by atoms with Crippen molar-refractivity contribution < 1.29 is 9.50 Å². The molecule has 38 heavy (non-hydrogen) atoms. The van der Waals surface area contributed by atoms with Crippen molar-refractivity contribution in [1.82, 2.24) is 9.80 Å². The molecule has 1 aliphatic rings. The second-order valence-corrected chi connectivity index (χ2v) is 10.6. The molecule has 0 unspecified atom stereocenters. The van der Waals surface area contributed by atoms with Crippen LogP contribution >= 0.6 is 23.2 Å². The number of benzene rings is 3. The Labute approximate surface area is 235 Å². The van der Waals surface area contributed by atoms with Gasteiger partial charge in [0, 0.05) is 0 Å².